The number of fused-ring (bicyclic) bond motifs is 1. The molecule has 2 N–H and O–H groups in total. The summed E-state index contributed by atoms with van der Waals surface area (Å²) in [4.78, 5) is 40.6. The van der Waals surface area contributed by atoms with Crippen molar-refractivity contribution in [1.29, 1.82) is 0 Å². The van der Waals surface area contributed by atoms with Gasteiger partial charge in [0.25, 0.3) is 0 Å². The average molecular weight is 528 g/mol. The maximum absolute atomic E-state index is 13.6. The minimum atomic E-state index is -1.80. The van der Waals surface area contributed by atoms with E-state index in [-0.39, 0.29) is 23.5 Å². The van der Waals surface area contributed by atoms with Gasteiger partial charge in [0.05, 0.1) is 0 Å². The second-order valence-electron chi connectivity index (χ2n) is 9.84. The maximum Gasteiger partial charge on any atom is 0.243 e. The van der Waals surface area contributed by atoms with Crippen LogP contribution >= 0.6 is 0 Å². The first-order valence-electron chi connectivity index (χ1n) is 13.0. The van der Waals surface area contributed by atoms with Crippen LogP contribution in [-0.4, -0.2) is 45.5 Å². The van der Waals surface area contributed by atoms with Crippen molar-refractivity contribution in [3.63, 3.8) is 0 Å². The summed E-state index contributed by atoms with van der Waals surface area (Å²) in [5, 5.41) is 5.65. The van der Waals surface area contributed by atoms with Crippen molar-refractivity contribution in [2.45, 2.75) is 70.4 Å². The molecule has 0 unspecified atom stereocenters. The molecule has 2 aliphatic rings. The van der Waals surface area contributed by atoms with Crippen molar-refractivity contribution in [2.75, 3.05) is 21.7 Å². The highest BCUT2D eigenvalue weighted by Gasteiger charge is 2.32. The number of aryl methyl sites for hydroxylation is 1. The molecule has 4 rings (SSSR count). The molecule has 1 saturated carbocycles. The minimum absolute atomic E-state index is 0.112. The molecule has 0 radical (unpaired) electrons. The van der Waals surface area contributed by atoms with E-state index < -0.39 is 34.5 Å². The molecule has 37 heavy (non-hydrogen) atoms. The van der Waals surface area contributed by atoms with Gasteiger partial charge in [0.15, 0.2) is 0 Å². The Morgan fingerprint density at radius 3 is 2.43 bits per heavy atom. The summed E-state index contributed by atoms with van der Waals surface area (Å²) in [6, 6.07) is 10.4. The fourth-order valence-corrected chi connectivity index (χ4v) is 6.07. The van der Waals surface area contributed by atoms with Crippen molar-refractivity contribution in [3.05, 3.63) is 59.4 Å². The van der Waals surface area contributed by atoms with Gasteiger partial charge in [-0.2, -0.15) is 0 Å². The summed E-state index contributed by atoms with van der Waals surface area (Å²) in [5.74, 6) is -2.42. The third-order valence-electron chi connectivity index (χ3n) is 7.07. The van der Waals surface area contributed by atoms with Crippen LogP contribution in [0.3, 0.4) is 0 Å². The van der Waals surface area contributed by atoms with Crippen molar-refractivity contribution < 1.29 is 23.0 Å². The van der Waals surface area contributed by atoms with E-state index in [1.807, 2.05) is 12.1 Å². The number of carbonyl (C=O) groups is 3. The van der Waals surface area contributed by atoms with E-state index in [2.05, 4.69) is 16.7 Å². The van der Waals surface area contributed by atoms with Crippen LogP contribution in [0.2, 0.25) is 0 Å². The molecule has 0 aromatic heterocycles. The zero-order valence-electron chi connectivity index (χ0n) is 21.1. The van der Waals surface area contributed by atoms with Gasteiger partial charge < -0.3 is 10.6 Å². The van der Waals surface area contributed by atoms with Crippen molar-refractivity contribution in [1.82, 2.24) is 5.32 Å². The molecule has 9 heteroatoms. The lowest BCUT2D eigenvalue weighted by Crippen LogP contribution is -2.52. The van der Waals surface area contributed by atoms with E-state index in [0.29, 0.717) is 11.4 Å². The highest BCUT2D eigenvalue weighted by Crippen LogP contribution is 2.32. The molecule has 0 heterocycles. The predicted molar refractivity (Wildman–Crippen MR) is 143 cm³/mol. The first-order valence-corrected chi connectivity index (χ1v) is 14.4. The Morgan fingerprint density at radius 2 is 1.70 bits per heavy atom. The Bertz CT molecular complexity index is 1160. The molecule has 2 atom stereocenters. The lowest BCUT2D eigenvalue weighted by atomic mass is 9.89. The van der Waals surface area contributed by atoms with E-state index in [0.717, 1.165) is 56.9 Å². The summed E-state index contributed by atoms with van der Waals surface area (Å²) >= 11 is 0. The van der Waals surface area contributed by atoms with Crippen molar-refractivity contribution >= 4 is 39.9 Å². The standard InChI is InChI=1S/C28H34FN3O4S/c1-19(28(35)31-22-9-3-4-10-22)32(25-12-6-8-20-7-2-5-11-24(20)25)27(34)18-37(36)17-26(33)30-23-15-13-21(29)14-16-23/h6,8,12-16,19,22H,2-5,7,9-11,17-18H2,1H3,(H,30,33)(H,31,35)/t19-,37+/m1/s1. The molecule has 7 nitrogen and oxygen atoms in total. The molecule has 198 valence electrons. The number of halogens is 1. The lowest BCUT2D eigenvalue weighted by Gasteiger charge is -2.33. The first-order chi connectivity index (χ1) is 17.8. The highest BCUT2D eigenvalue weighted by atomic mass is 32.2. The Labute approximate surface area is 219 Å². The normalized spacial score (nSPS) is 16.9. The Morgan fingerprint density at radius 1 is 1.00 bits per heavy atom. The fourth-order valence-electron chi connectivity index (χ4n) is 5.19. The molecule has 0 bridgehead atoms. The number of anilines is 2. The first kappa shape index (κ1) is 27.0. The molecule has 1 fully saturated rings. The molecular weight excluding hydrogens is 493 g/mol. The number of carbonyl (C=O) groups excluding carboxylic acids is 3. The van der Waals surface area contributed by atoms with Gasteiger partial charge in [-0.25, -0.2) is 4.39 Å². The summed E-state index contributed by atoms with van der Waals surface area (Å²) in [6.45, 7) is 1.70. The summed E-state index contributed by atoms with van der Waals surface area (Å²) in [6.07, 6.45) is 7.83. The zero-order chi connectivity index (χ0) is 26.4. The predicted octanol–water partition coefficient (Wildman–Crippen LogP) is 3.87. The number of nitrogens with zero attached hydrogens (tertiary/aromatic N) is 1. The van der Waals surface area contributed by atoms with Crippen LogP contribution in [0.15, 0.2) is 42.5 Å². The molecule has 3 amide bonds. The smallest absolute Gasteiger partial charge is 0.243 e. The molecule has 0 aliphatic heterocycles. The van der Waals surface area contributed by atoms with E-state index in [4.69, 9.17) is 0 Å². The molecular formula is C28H34FN3O4S. The van der Waals surface area contributed by atoms with Gasteiger partial charge in [0.2, 0.25) is 17.7 Å². The molecule has 2 aromatic carbocycles. The number of hydrogen-bond donors (Lipinski definition) is 2. The third kappa shape index (κ3) is 7.03. The molecule has 2 aromatic rings. The van der Waals surface area contributed by atoms with E-state index in [9.17, 15) is 23.0 Å². The number of amides is 3. The largest absolute Gasteiger partial charge is 0.352 e. The Kier molecular flexibility index (Phi) is 9.08. The second kappa shape index (κ2) is 12.4. The van der Waals surface area contributed by atoms with Crippen LogP contribution in [0.25, 0.3) is 0 Å². The summed E-state index contributed by atoms with van der Waals surface area (Å²) in [5.41, 5.74) is 3.29. The van der Waals surface area contributed by atoms with Gasteiger partial charge in [-0.1, -0.05) is 25.0 Å². The SMILES string of the molecule is C[C@H](C(=O)NC1CCCC1)N(C(=O)C[S@@](=O)CC(=O)Nc1ccc(F)cc1)c1cccc2c1CCCC2. The number of hydrogen-bond acceptors (Lipinski definition) is 4. The van der Waals surface area contributed by atoms with Gasteiger partial charge in [0.1, 0.15) is 23.4 Å². The van der Waals surface area contributed by atoms with E-state index >= 15 is 0 Å². The van der Waals surface area contributed by atoms with Crippen LogP contribution in [0.5, 0.6) is 0 Å². The number of nitrogens with one attached hydrogen (secondary N) is 2. The van der Waals surface area contributed by atoms with E-state index in [1.165, 1.54) is 34.7 Å². The Balaban J connectivity index is 1.49. The second-order valence-corrected chi connectivity index (χ2v) is 11.3. The van der Waals surface area contributed by atoms with Crippen LogP contribution < -0.4 is 15.5 Å². The van der Waals surface area contributed by atoms with Gasteiger partial charge >= 0.3 is 0 Å². The topological polar surface area (TPSA) is 95.6 Å². The van der Waals surface area contributed by atoms with Crippen LogP contribution in [0.1, 0.15) is 56.6 Å². The number of rotatable bonds is 9. The maximum atomic E-state index is 13.6. The molecule has 2 aliphatic carbocycles. The van der Waals surface area contributed by atoms with E-state index in [1.54, 1.807) is 6.92 Å². The number of benzene rings is 2. The zero-order valence-corrected chi connectivity index (χ0v) is 22.0. The van der Waals surface area contributed by atoms with Gasteiger partial charge in [-0.3, -0.25) is 23.5 Å². The van der Waals surface area contributed by atoms with Crippen LogP contribution in [-0.2, 0) is 38.0 Å². The molecule has 0 saturated heterocycles. The fraction of sp³-hybridized carbons (Fsp3) is 0.464. The summed E-state index contributed by atoms with van der Waals surface area (Å²) < 4.78 is 25.9. The third-order valence-corrected chi connectivity index (χ3v) is 8.23. The highest BCUT2D eigenvalue weighted by molar-refractivity contribution is 7.86. The molecule has 0 spiro atoms. The quantitative estimate of drug-likeness (QED) is 0.518. The van der Waals surface area contributed by atoms with Gasteiger partial charge in [-0.05, 0) is 86.9 Å². The van der Waals surface area contributed by atoms with Crippen molar-refractivity contribution in [2.24, 2.45) is 0 Å². The van der Waals surface area contributed by atoms with Crippen LogP contribution in [0, 0.1) is 5.82 Å². The average Bonchev–Trinajstić information content (AvgIpc) is 3.38. The van der Waals surface area contributed by atoms with Crippen LogP contribution in [0.4, 0.5) is 15.8 Å². The minimum Gasteiger partial charge on any atom is -0.352 e. The van der Waals surface area contributed by atoms with Gasteiger partial charge in [0, 0.05) is 28.2 Å². The Hall–Kier alpha value is -3.07. The van der Waals surface area contributed by atoms with Crippen molar-refractivity contribution in [3.8, 4) is 0 Å². The summed E-state index contributed by atoms with van der Waals surface area (Å²) in [7, 11) is -1.80. The lowest BCUT2D eigenvalue weighted by molar-refractivity contribution is -0.125. The monoisotopic (exact) mass is 527 g/mol. The van der Waals surface area contributed by atoms with Gasteiger partial charge in [-0.15, -0.1) is 0 Å².